The molecule has 0 amide bonds. The van der Waals surface area contributed by atoms with Gasteiger partial charge in [0.2, 0.25) is 0 Å². The lowest BCUT2D eigenvalue weighted by atomic mass is 9.86. The second-order valence-corrected chi connectivity index (χ2v) is 7.16. The minimum atomic E-state index is -0.764. The van der Waals surface area contributed by atoms with Crippen LogP contribution < -0.4 is 10.1 Å². The van der Waals surface area contributed by atoms with E-state index in [-0.39, 0.29) is 11.6 Å². The molecule has 0 radical (unpaired) electrons. The fraction of sp³-hybridized carbons (Fsp3) is 0.217. The molecular weight excluding hydrogens is 360 g/mol. The van der Waals surface area contributed by atoms with Crippen LogP contribution in [0.4, 0.5) is 8.78 Å². The number of fused-ring (bicyclic) bond motifs is 1. The molecule has 1 aliphatic rings. The number of benzene rings is 3. The number of phenolic OH excluding ortho intramolecular Hbond substituents is 1. The van der Waals surface area contributed by atoms with E-state index in [4.69, 9.17) is 4.74 Å². The van der Waals surface area contributed by atoms with Gasteiger partial charge in [-0.2, -0.15) is 0 Å². The van der Waals surface area contributed by atoms with Crippen molar-refractivity contribution in [3.8, 4) is 11.5 Å². The van der Waals surface area contributed by atoms with Crippen LogP contribution in [0.25, 0.3) is 0 Å². The van der Waals surface area contributed by atoms with E-state index < -0.39 is 23.4 Å². The van der Waals surface area contributed by atoms with Crippen molar-refractivity contribution < 1.29 is 18.6 Å². The van der Waals surface area contributed by atoms with Gasteiger partial charge in [-0.1, -0.05) is 36.4 Å². The summed E-state index contributed by atoms with van der Waals surface area (Å²) in [5.41, 5.74) is 2.80. The summed E-state index contributed by atoms with van der Waals surface area (Å²) in [6, 6.07) is 16.8. The maximum Gasteiger partial charge on any atom is 0.134 e. The third-order valence-corrected chi connectivity index (χ3v) is 5.00. The van der Waals surface area contributed by atoms with Crippen LogP contribution >= 0.6 is 0 Å². The third-order valence-electron chi connectivity index (χ3n) is 5.00. The molecule has 3 nitrogen and oxygen atoms in total. The van der Waals surface area contributed by atoms with Gasteiger partial charge < -0.3 is 15.2 Å². The summed E-state index contributed by atoms with van der Waals surface area (Å²) in [6.45, 7) is 2.43. The summed E-state index contributed by atoms with van der Waals surface area (Å²) >= 11 is 0. The molecule has 2 N–H and O–H groups in total. The second-order valence-electron chi connectivity index (χ2n) is 7.16. The molecule has 0 fully saturated rings. The van der Waals surface area contributed by atoms with E-state index in [1.807, 2.05) is 55.5 Å². The minimum Gasteiger partial charge on any atom is -0.508 e. The molecule has 0 spiro atoms. The molecule has 28 heavy (non-hydrogen) atoms. The van der Waals surface area contributed by atoms with Crippen LogP contribution in [0.2, 0.25) is 0 Å². The highest BCUT2D eigenvalue weighted by molar-refractivity contribution is 5.46. The molecule has 0 saturated heterocycles. The number of nitrogens with one attached hydrogen (secondary N) is 1. The molecule has 1 heterocycles. The van der Waals surface area contributed by atoms with E-state index in [0.29, 0.717) is 6.61 Å². The number of hydrogen-bond donors (Lipinski definition) is 2. The van der Waals surface area contributed by atoms with Crippen molar-refractivity contribution in [2.75, 3.05) is 0 Å². The fourth-order valence-electron chi connectivity index (χ4n) is 3.72. The summed E-state index contributed by atoms with van der Waals surface area (Å²) in [5.74, 6) is -1.23. The summed E-state index contributed by atoms with van der Waals surface area (Å²) in [4.78, 5) is 0. The zero-order valence-corrected chi connectivity index (χ0v) is 15.5. The van der Waals surface area contributed by atoms with Crippen molar-refractivity contribution in [2.45, 2.75) is 32.0 Å². The van der Waals surface area contributed by atoms with E-state index in [1.54, 1.807) is 0 Å². The number of halogens is 2. The van der Waals surface area contributed by atoms with Gasteiger partial charge in [0, 0.05) is 23.7 Å². The molecule has 0 bridgehead atoms. The van der Waals surface area contributed by atoms with Gasteiger partial charge in [-0.05, 0) is 42.2 Å². The van der Waals surface area contributed by atoms with Crippen LogP contribution in [0.3, 0.4) is 0 Å². The van der Waals surface area contributed by atoms with Gasteiger partial charge in [0.05, 0.1) is 6.04 Å². The Kier molecular flexibility index (Phi) is 5.01. The predicted octanol–water partition coefficient (Wildman–Crippen LogP) is 4.87. The highest BCUT2D eigenvalue weighted by Gasteiger charge is 2.30. The average Bonchev–Trinajstić information content (AvgIpc) is 2.66. The van der Waals surface area contributed by atoms with E-state index >= 15 is 0 Å². The van der Waals surface area contributed by atoms with Crippen LogP contribution in [-0.2, 0) is 13.0 Å². The van der Waals surface area contributed by atoms with Crippen LogP contribution in [0, 0.1) is 11.6 Å². The normalized spacial score (nSPS) is 18.5. The topological polar surface area (TPSA) is 41.5 Å². The number of rotatable bonds is 4. The Morgan fingerprint density at radius 1 is 1.04 bits per heavy atom. The molecule has 4 rings (SSSR count). The van der Waals surface area contributed by atoms with Gasteiger partial charge in [0.15, 0.2) is 0 Å². The van der Waals surface area contributed by atoms with Gasteiger partial charge in [0.25, 0.3) is 0 Å². The monoisotopic (exact) mass is 381 g/mol. The first-order valence-electron chi connectivity index (χ1n) is 9.25. The molecule has 1 aliphatic heterocycles. The van der Waals surface area contributed by atoms with Gasteiger partial charge in [-0.3, -0.25) is 0 Å². The third kappa shape index (κ3) is 3.71. The average molecular weight is 381 g/mol. The zero-order valence-electron chi connectivity index (χ0n) is 15.5. The number of ether oxygens (including phenoxy) is 1. The molecule has 3 aromatic rings. The lowest BCUT2D eigenvalue weighted by molar-refractivity contribution is 0.305. The Bertz CT molecular complexity index is 968. The van der Waals surface area contributed by atoms with Crippen LogP contribution in [0.15, 0.2) is 60.7 Å². The molecule has 0 aromatic heterocycles. The van der Waals surface area contributed by atoms with Crippen molar-refractivity contribution in [2.24, 2.45) is 0 Å². The van der Waals surface area contributed by atoms with E-state index in [1.165, 1.54) is 0 Å². The van der Waals surface area contributed by atoms with Crippen LogP contribution in [0.1, 0.15) is 35.2 Å². The largest absolute Gasteiger partial charge is 0.508 e. The number of phenols is 1. The standard InChI is InChI=1S/C23H21F2NO2/c1-14-9-16-10-18(28-13-15-5-3-2-4-6-15)7-8-19(16)23(26-14)22-20(24)11-17(27)12-21(22)25/h2-8,10-12,14,23,26-27H,9,13H2,1H3/t14-,23?/m1/s1. The highest BCUT2D eigenvalue weighted by Crippen LogP contribution is 2.36. The molecule has 2 atom stereocenters. The SMILES string of the molecule is C[C@@H]1Cc2cc(OCc3ccccc3)ccc2C(c2c(F)cc(O)cc2F)N1. The summed E-state index contributed by atoms with van der Waals surface area (Å²) in [7, 11) is 0. The van der Waals surface area contributed by atoms with Gasteiger partial charge >= 0.3 is 0 Å². The predicted molar refractivity (Wildman–Crippen MR) is 103 cm³/mol. The van der Waals surface area contributed by atoms with E-state index in [0.717, 1.165) is 41.0 Å². The van der Waals surface area contributed by atoms with Crippen molar-refractivity contribution in [3.63, 3.8) is 0 Å². The maximum atomic E-state index is 14.4. The molecule has 3 aromatic carbocycles. The molecule has 0 saturated carbocycles. The Morgan fingerprint density at radius 2 is 1.75 bits per heavy atom. The first-order chi connectivity index (χ1) is 13.5. The number of aromatic hydroxyl groups is 1. The number of hydrogen-bond acceptors (Lipinski definition) is 3. The lowest BCUT2D eigenvalue weighted by Gasteiger charge is -2.32. The molecular formula is C23H21F2NO2. The second kappa shape index (κ2) is 7.60. The minimum absolute atomic E-state index is 0.0366. The summed E-state index contributed by atoms with van der Waals surface area (Å²) < 4.78 is 34.8. The van der Waals surface area contributed by atoms with Crippen molar-refractivity contribution in [3.05, 3.63) is 94.6 Å². The molecule has 5 heteroatoms. The zero-order chi connectivity index (χ0) is 19.7. The lowest BCUT2D eigenvalue weighted by Crippen LogP contribution is -2.38. The Balaban J connectivity index is 1.64. The Labute approximate surface area is 162 Å². The van der Waals surface area contributed by atoms with Gasteiger partial charge in [-0.15, -0.1) is 0 Å². The molecule has 144 valence electrons. The molecule has 1 unspecified atom stereocenters. The smallest absolute Gasteiger partial charge is 0.134 e. The van der Waals surface area contributed by atoms with Crippen LogP contribution in [-0.4, -0.2) is 11.1 Å². The highest BCUT2D eigenvalue weighted by atomic mass is 19.1. The van der Waals surface area contributed by atoms with E-state index in [9.17, 15) is 13.9 Å². The quantitative estimate of drug-likeness (QED) is 0.677. The van der Waals surface area contributed by atoms with Gasteiger partial charge in [-0.25, -0.2) is 8.78 Å². The van der Waals surface area contributed by atoms with Crippen molar-refractivity contribution >= 4 is 0 Å². The summed E-state index contributed by atoms with van der Waals surface area (Å²) in [6.07, 6.45) is 0.732. The van der Waals surface area contributed by atoms with E-state index in [2.05, 4.69) is 5.32 Å². The maximum absolute atomic E-state index is 14.4. The molecule has 0 aliphatic carbocycles. The first-order valence-corrected chi connectivity index (χ1v) is 9.25. The van der Waals surface area contributed by atoms with Crippen molar-refractivity contribution in [1.29, 1.82) is 0 Å². The summed E-state index contributed by atoms with van der Waals surface area (Å²) in [5, 5.41) is 12.7. The van der Waals surface area contributed by atoms with Crippen LogP contribution in [0.5, 0.6) is 11.5 Å². The van der Waals surface area contributed by atoms with Crippen molar-refractivity contribution in [1.82, 2.24) is 5.32 Å². The Morgan fingerprint density at radius 3 is 2.46 bits per heavy atom. The fourth-order valence-corrected chi connectivity index (χ4v) is 3.72. The van der Waals surface area contributed by atoms with Gasteiger partial charge in [0.1, 0.15) is 29.7 Å². The Hall–Kier alpha value is -2.92. The first kappa shape index (κ1) is 18.4.